The van der Waals surface area contributed by atoms with Crippen LogP contribution in [0.1, 0.15) is 12.6 Å². The second kappa shape index (κ2) is 4.84. The van der Waals surface area contributed by atoms with Crippen LogP contribution < -0.4 is 4.74 Å². The molecule has 0 fully saturated rings. The number of aromatic nitrogens is 1. The fourth-order valence-electron chi connectivity index (χ4n) is 1.63. The topological polar surface area (TPSA) is 22.1 Å². The molecule has 0 atom stereocenters. The molecular formula is C13H12F3NO. The normalized spacial score (nSPS) is 11.8. The van der Waals surface area contributed by atoms with E-state index < -0.39 is 12.8 Å². The molecule has 0 saturated heterocycles. The summed E-state index contributed by atoms with van der Waals surface area (Å²) in [6.45, 7) is 0.636. The second-order valence-electron chi connectivity index (χ2n) is 3.89. The maximum absolute atomic E-state index is 12.1. The summed E-state index contributed by atoms with van der Waals surface area (Å²) in [5, 5.41) is 0.770. The Morgan fingerprint density at radius 2 is 1.94 bits per heavy atom. The highest BCUT2D eigenvalue weighted by Crippen LogP contribution is 2.26. The summed E-state index contributed by atoms with van der Waals surface area (Å²) in [4.78, 5) is 4.30. The lowest BCUT2D eigenvalue weighted by atomic mass is 10.1. The van der Waals surface area contributed by atoms with Crippen LogP contribution in [0, 0.1) is 0 Å². The fraction of sp³-hybridized carbons (Fsp3) is 0.308. The van der Waals surface area contributed by atoms with E-state index in [2.05, 4.69) is 4.98 Å². The summed E-state index contributed by atoms with van der Waals surface area (Å²) in [5.74, 6) is 0.167. The Balaban J connectivity index is 2.37. The maximum Gasteiger partial charge on any atom is 0.422 e. The molecule has 5 heteroatoms. The van der Waals surface area contributed by atoms with E-state index in [-0.39, 0.29) is 5.75 Å². The van der Waals surface area contributed by atoms with E-state index in [0.717, 1.165) is 17.5 Å². The summed E-state index contributed by atoms with van der Waals surface area (Å²) in [5.41, 5.74) is 1.30. The number of fused-ring (bicyclic) bond motifs is 1. The first-order chi connectivity index (χ1) is 8.49. The molecule has 0 aliphatic heterocycles. The molecule has 0 N–H and O–H groups in total. The smallest absolute Gasteiger partial charge is 0.422 e. The lowest BCUT2D eigenvalue weighted by molar-refractivity contribution is -0.153. The third-order valence-corrected chi connectivity index (χ3v) is 2.49. The number of hydrogen-bond acceptors (Lipinski definition) is 2. The van der Waals surface area contributed by atoms with Gasteiger partial charge >= 0.3 is 6.18 Å². The highest BCUT2D eigenvalue weighted by Gasteiger charge is 2.28. The number of alkyl halides is 3. The fourth-order valence-corrected chi connectivity index (χ4v) is 1.63. The van der Waals surface area contributed by atoms with Gasteiger partial charge in [0.15, 0.2) is 6.61 Å². The zero-order valence-electron chi connectivity index (χ0n) is 9.79. The predicted molar refractivity (Wildman–Crippen MR) is 62.7 cm³/mol. The molecule has 0 spiro atoms. The van der Waals surface area contributed by atoms with Crippen molar-refractivity contribution in [3.63, 3.8) is 0 Å². The van der Waals surface area contributed by atoms with Crippen LogP contribution in [0.4, 0.5) is 13.2 Å². The summed E-state index contributed by atoms with van der Waals surface area (Å²) in [6, 6.07) is 8.64. The Bertz CT molecular complexity index is 551. The SMILES string of the molecule is CCc1ccc2cccc(OCC(F)(F)F)c2n1. The minimum atomic E-state index is -4.34. The third-order valence-electron chi connectivity index (χ3n) is 2.49. The highest BCUT2D eigenvalue weighted by atomic mass is 19.4. The third kappa shape index (κ3) is 2.91. The van der Waals surface area contributed by atoms with E-state index in [1.54, 1.807) is 12.1 Å². The summed E-state index contributed by atoms with van der Waals surface area (Å²) in [7, 11) is 0. The minimum Gasteiger partial charge on any atom is -0.482 e. The average Bonchev–Trinajstić information content (AvgIpc) is 2.34. The first-order valence-corrected chi connectivity index (χ1v) is 5.58. The molecule has 0 aliphatic carbocycles. The first-order valence-electron chi connectivity index (χ1n) is 5.58. The lowest BCUT2D eigenvalue weighted by Crippen LogP contribution is -2.19. The van der Waals surface area contributed by atoms with E-state index in [1.807, 2.05) is 19.1 Å². The summed E-state index contributed by atoms with van der Waals surface area (Å²) in [6.07, 6.45) is -3.62. The molecule has 2 nitrogen and oxygen atoms in total. The molecule has 1 aromatic heterocycles. The zero-order chi connectivity index (χ0) is 13.2. The molecule has 2 aromatic rings. The molecular weight excluding hydrogens is 243 g/mol. The van der Waals surface area contributed by atoms with Gasteiger partial charge < -0.3 is 4.74 Å². The predicted octanol–water partition coefficient (Wildman–Crippen LogP) is 3.74. The van der Waals surface area contributed by atoms with Crippen molar-refractivity contribution in [3.05, 3.63) is 36.0 Å². The van der Waals surface area contributed by atoms with Gasteiger partial charge in [-0.15, -0.1) is 0 Å². The summed E-state index contributed by atoms with van der Waals surface area (Å²) < 4.78 is 41.2. The number of hydrogen-bond donors (Lipinski definition) is 0. The van der Waals surface area contributed by atoms with Crippen molar-refractivity contribution >= 4 is 10.9 Å². The van der Waals surface area contributed by atoms with Gasteiger partial charge in [-0.2, -0.15) is 13.2 Å². The van der Waals surface area contributed by atoms with Gasteiger partial charge in [0.2, 0.25) is 0 Å². The number of pyridine rings is 1. The van der Waals surface area contributed by atoms with Gasteiger partial charge in [0, 0.05) is 11.1 Å². The van der Waals surface area contributed by atoms with Gasteiger partial charge in [-0.3, -0.25) is 0 Å². The summed E-state index contributed by atoms with van der Waals surface area (Å²) >= 11 is 0. The lowest BCUT2D eigenvalue weighted by Gasteiger charge is -2.11. The molecule has 0 unspecified atom stereocenters. The molecule has 1 aromatic carbocycles. The maximum atomic E-state index is 12.1. The standard InChI is InChI=1S/C13H12F3NO/c1-2-10-7-6-9-4-3-5-11(12(9)17-10)18-8-13(14,15)16/h3-7H,2,8H2,1H3. The first kappa shape index (κ1) is 12.7. The molecule has 0 bridgehead atoms. The molecule has 1 heterocycles. The number of para-hydroxylation sites is 1. The molecule has 0 amide bonds. The van der Waals surface area contributed by atoms with E-state index in [9.17, 15) is 13.2 Å². The average molecular weight is 255 g/mol. The van der Waals surface area contributed by atoms with Crippen LogP contribution >= 0.6 is 0 Å². The van der Waals surface area contributed by atoms with Crippen LogP contribution in [0.3, 0.4) is 0 Å². The molecule has 0 radical (unpaired) electrons. The quantitative estimate of drug-likeness (QED) is 0.833. The number of benzene rings is 1. The van der Waals surface area contributed by atoms with Crippen molar-refractivity contribution < 1.29 is 17.9 Å². The van der Waals surface area contributed by atoms with Crippen molar-refractivity contribution in [1.29, 1.82) is 0 Å². The Morgan fingerprint density at radius 3 is 2.61 bits per heavy atom. The monoisotopic (exact) mass is 255 g/mol. The molecule has 0 saturated carbocycles. The van der Waals surface area contributed by atoms with Crippen molar-refractivity contribution in [3.8, 4) is 5.75 Å². The molecule has 18 heavy (non-hydrogen) atoms. The van der Waals surface area contributed by atoms with Crippen LogP contribution in [-0.2, 0) is 6.42 Å². The minimum absolute atomic E-state index is 0.167. The van der Waals surface area contributed by atoms with E-state index >= 15 is 0 Å². The van der Waals surface area contributed by atoms with Crippen molar-refractivity contribution in [2.45, 2.75) is 19.5 Å². The molecule has 2 rings (SSSR count). The van der Waals surface area contributed by atoms with Gasteiger partial charge in [0.1, 0.15) is 11.3 Å². The zero-order valence-corrected chi connectivity index (χ0v) is 9.79. The van der Waals surface area contributed by atoms with E-state index in [1.165, 1.54) is 6.07 Å². The van der Waals surface area contributed by atoms with Crippen LogP contribution in [0.15, 0.2) is 30.3 Å². The largest absolute Gasteiger partial charge is 0.482 e. The van der Waals surface area contributed by atoms with Crippen LogP contribution in [0.5, 0.6) is 5.75 Å². The number of halogens is 3. The number of rotatable bonds is 3. The van der Waals surface area contributed by atoms with E-state index in [4.69, 9.17) is 4.74 Å². The van der Waals surface area contributed by atoms with Gasteiger partial charge in [-0.05, 0) is 18.6 Å². The van der Waals surface area contributed by atoms with Crippen LogP contribution in [-0.4, -0.2) is 17.8 Å². The van der Waals surface area contributed by atoms with E-state index in [0.29, 0.717) is 5.52 Å². The van der Waals surface area contributed by atoms with Crippen LogP contribution in [0.2, 0.25) is 0 Å². The molecule has 96 valence electrons. The van der Waals surface area contributed by atoms with Crippen LogP contribution in [0.25, 0.3) is 10.9 Å². The Morgan fingerprint density at radius 1 is 1.17 bits per heavy atom. The van der Waals surface area contributed by atoms with Gasteiger partial charge in [-0.1, -0.05) is 25.1 Å². The number of aryl methyl sites for hydroxylation is 1. The highest BCUT2D eigenvalue weighted by molar-refractivity contribution is 5.84. The van der Waals surface area contributed by atoms with Crippen molar-refractivity contribution in [2.75, 3.05) is 6.61 Å². The Labute approximate surface area is 102 Å². The van der Waals surface area contributed by atoms with Gasteiger partial charge in [-0.25, -0.2) is 4.98 Å². The van der Waals surface area contributed by atoms with Gasteiger partial charge in [0.05, 0.1) is 0 Å². The molecule has 0 aliphatic rings. The van der Waals surface area contributed by atoms with Gasteiger partial charge in [0.25, 0.3) is 0 Å². The Kier molecular flexibility index (Phi) is 3.41. The van der Waals surface area contributed by atoms with Crippen molar-refractivity contribution in [1.82, 2.24) is 4.98 Å². The van der Waals surface area contributed by atoms with Crippen molar-refractivity contribution in [2.24, 2.45) is 0 Å². The Hall–Kier alpha value is -1.78. The number of ether oxygens (including phenoxy) is 1. The second-order valence-corrected chi connectivity index (χ2v) is 3.89. The number of nitrogens with zero attached hydrogens (tertiary/aromatic N) is 1.